The average molecular weight is 434 g/mol. The molecule has 0 saturated heterocycles. The van der Waals surface area contributed by atoms with E-state index in [4.69, 9.17) is 11.6 Å². The zero-order valence-corrected chi connectivity index (χ0v) is 17.2. The molecule has 0 aromatic carbocycles. The minimum absolute atomic E-state index is 0.259. The van der Waals surface area contributed by atoms with Crippen molar-refractivity contribution in [3.05, 3.63) is 95.5 Å². The molecule has 0 aliphatic heterocycles. The van der Waals surface area contributed by atoms with Crippen molar-refractivity contribution in [3.8, 4) is 17.1 Å². The van der Waals surface area contributed by atoms with Crippen molar-refractivity contribution < 1.29 is 13.2 Å². The van der Waals surface area contributed by atoms with E-state index in [2.05, 4.69) is 19.9 Å². The number of hydrogen-bond acceptors (Lipinski definition) is 4. The van der Waals surface area contributed by atoms with Crippen LogP contribution in [0.15, 0.2) is 67.0 Å². The number of alkyl halides is 3. The van der Waals surface area contributed by atoms with E-state index in [1.165, 1.54) is 6.20 Å². The Morgan fingerprint density at radius 3 is 2.28 bits per heavy atom. The number of rotatable bonds is 4. The highest BCUT2D eigenvalue weighted by molar-refractivity contribution is 5.72. The normalized spacial score (nSPS) is 11.9. The van der Waals surface area contributed by atoms with Crippen LogP contribution in [0.5, 0.6) is 0 Å². The lowest BCUT2D eigenvalue weighted by atomic mass is 9.84. The van der Waals surface area contributed by atoms with Gasteiger partial charge in [-0.1, -0.05) is 24.8 Å². The molecule has 6 nitrogen and oxygen atoms in total. The highest BCUT2D eigenvalue weighted by atomic mass is 19.4. The summed E-state index contributed by atoms with van der Waals surface area (Å²) in [5.74, 6) is 0.527. The lowest BCUT2D eigenvalue weighted by Crippen LogP contribution is -2.23. The molecule has 0 radical (unpaired) electrons. The Morgan fingerprint density at radius 2 is 1.59 bits per heavy atom. The van der Waals surface area contributed by atoms with Gasteiger partial charge in [-0.05, 0) is 50.2 Å². The van der Waals surface area contributed by atoms with E-state index >= 15 is 0 Å². The van der Waals surface area contributed by atoms with Crippen LogP contribution in [-0.4, -0.2) is 24.7 Å². The fourth-order valence-electron chi connectivity index (χ4n) is 3.25. The van der Waals surface area contributed by atoms with Gasteiger partial charge in [0.15, 0.2) is 11.5 Å². The minimum atomic E-state index is -4.52. The van der Waals surface area contributed by atoms with Gasteiger partial charge < -0.3 is 4.85 Å². The van der Waals surface area contributed by atoms with Gasteiger partial charge in [0, 0.05) is 17.2 Å². The quantitative estimate of drug-likeness (QED) is 0.391. The molecule has 0 fully saturated rings. The fourth-order valence-corrected chi connectivity index (χ4v) is 3.25. The molecule has 0 unspecified atom stereocenters. The van der Waals surface area contributed by atoms with Gasteiger partial charge in [0.1, 0.15) is 6.20 Å². The number of pyridine rings is 3. The first-order valence-electron chi connectivity index (χ1n) is 9.61. The molecule has 0 N–H and O–H groups in total. The summed E-state index contributed by atoms with van der Waals surface area (Å²) in [6.07, 6.45) is -1.74. The molecule has 0 saturated carbocycles. The molecule has 4 aromatic heterocycles. The fraction of sp³-hybridized carbons (Fsp3) is 0.174. The van der Waals surface area contributed by atoms with Gasteiger partial charge in [0.05, 0.1) is 17.1 Å². The van der Waals surface area contributed by atoms with Crippen LogP contribution >= 0.6 is 0 Å². The van der Waals surface area contributed by atoms with Crippen LogP contribution in [0.2, 0.25) is 0 Å². The molecule has 4 rings (SSSR count). The van der Waals surface area contributed by atoms with E-state index in [0.29, 0.717) is 22.6 Å². The molecule has 0 spiro atoms. The number of aromatic nitrogens is 5. The molecule has 160 valence electrons. The van der Waals surface area contributed by atoms with Gasteiger partial charge in [-0.25, -0.2) is 9.67 Å². The summed E-state index contributed by atoms with van der Waals surface area (Å²) in [7, 11) is 0. The third kappa shape index (κ3) is 3.95. The van der Waals surface area contributed by atoms with Gasteiger partial charge >= 0.3 is 6.18 Å². The number of hydrogen-bond donors (Lipinski definition) is 0. The summed E-state index contributed by atoms with van der Waals surface area (Å²) in [4.78, 5) is 16.8. The van der Waals surface area contributed by atoms with Crippen LogP contribution in [0.25, 0.3) is 21.9 Å². The van der Waals surface area contributed by atoms with Crippen LogP contribution in [-0.2, 0) is 11.6 Å². The Labute approximate surface area is 182 Å². The van der Waals surface area contributed by atoms with E-state index in [1.54, 1.807) is 42.6 Å². The van der Waals surface area contributed by atoms with Gasteiger partial charge in [0.25, 0.3) is 5.82 Å². The second-order valence-electron chi connectivity index (χ2n) is 7.54. The maximum Gasteiger partial charge on any atom is 0.435 e. The zero-order valence-electron chi connectivity index (χ0n) is 17.2. The maximum atomic E-state index is 12.9. The average Bonchev–Trinajstić information content (AvgIpc) is 3.30. The summed E-state index contributed by atoms with van der Waals surface area (Å²) < 4.78 is 39.8. The molecule has 0 bridgehead atoms. The lowest BCUT2D eigenvalue weighted by Gasteiger charge is -2.24. The monoisotopic (exact) mass is 434 g/mol. The molecule has 9 heteroatoms. The first kappa shape index (κ1) is 21.2. The Kier molecular flexibility index (Phi) is 5.22. The molecular weight excluding hydrogens is 417 g/mol. The van der Waals surface area contributed by atoms with Crippen LogP contribution < -0.4 is 0 Å². The Hall–Kier alpha value is -4.06. The summed E-state index contributed by atoms with van der Waals surface area (Å²) in [6.45, 7) is 11.2. The second kappa shape index (κ2) is 7.89. The van der Waals surface area contributed by atoms with Crippen LogP contribution in [0.4, 0.5) is 19.0 Å². The van der Waals surface area contributed by atoms with E-state index < -0.39 is 17.3 Å². The van der Waals surface area contributed by atoms with Crippen molar-refractivity contribution in [2.75, 3.05) is 0 Å². The molecule has 32 heavy (non-hydrogen) atoms. The highest BCUT2D eigenvalue weighted by Gasteiger charge is 2.34. The Morgan fingerprint density at radius 1 is 0.875 bits per heavy atom. The van der Waals surface area contributed by atoms with Crippen molar-refractivity contribution in [2.45, 2.75) is 25.4 Å². The standard InChI is InChI=1S/C23H17F3N6/c1-22(2,17-9-4-8-16(29-17)15-7-6-13-28-21(15)27-3)18-10-5-11-20(30-18)32-14-12-19(31-32)23(24,25)26/h4-14H,1-2H3. The van der Waals surface area contributed by atoms with Crippen molar-refractivity contribution in [2.24, 2.45) is 0 Å². The zero-order chi connectivity index (χ0) is 22.9. The first-order valence-corrected chi connectivity index (χ1v) is 9.61. The summed E-state index contributed by atoms with van der Waals surface area (Å²) in [5, 5.41) is 3.60. The predicted octanol–water partition coefficient (Wildman–Crippen LogP) is 5.62. The van der Waals surface area contributed by atoms with E-state index in [1.807, 2.05) is 26.0 Å². The second-order valence-corrected chi connectivity index (χ2v) is 7.54. The molecule has 0 aliphatic carbocycles. The number of halogens is 3. The molecule has 4 aromatic rings. The molecule has 0 amide bonds. The molecular formula is C23H17F3N6. The predicted molar refractivity (Wildman–Crippen MR) is 112 cm³/mol. The van der Waals surface area contributed by atoms with Crippen molar-refractivity contribution in [1.82, 2.24) is 24.7 Å². The van der Waals surface area contributed by atoms with Crippen molar-refractivity contribution in [1.29, 1.82) is 0 Å². The third-order valence-corrected chi connectivity index (χ3v) is 5.05. The van der Waals surface area contributed by atoms with Crippen molar-refractivity contribution in [3.63, 3.8) is 0 Å². The van der Waals surface area contributed by atoms with Gasteiger partial charge in [-0.15, -0.1) is 4.98 Å². The van der Waals surface area contributed by atoms with Gasteiger partial charge in [0.2, 0.25) is 0 Å². The largest absolute Gasteiger partial charge is 0.435 e. The maximum absolute atomic E-state index is 12.9. The molecule has 0 atom stereocenters. The van der Waals surface area contributed by atoms with Crippen molar-refractivity contribution >= 4 is 5.82 Å². The highest BCUT2D eigenvalue weighted by Crippen LogP contribution is 2.33. The Balaban J connectivity index is 1.73. The van der Waals surface area contributed by atoms with E-state index in [0.717, 1.165) is 10.7 Å². The van der Waals surface area contributed by atoms with Gasteiger partial charge in [-0.3, -0.25) is 4.98 Å². The van der Waals surface area contributed by atoms with E-state index in [-0.39, 0.29) is 11.6 Å². The molecule has 0 aliphatic rings. The topological polar surface area (TPSA) is 60.9 Å². The van der Waals surface area contributed by atoms with Crippen LogP contribution in [0, 0.1) is 6.57 Å². The van der Waals surface area contributed by atoms with Crippen LogP contribution in [0.1, 0.15) is 30.9 Å². The summed E-state index contributed by atoms with van der Waals surface area (Å²) in [6, 6.07) is 15.0. The summed E-state index contributed by atoms with van der Waals surface area (Å²) >= 11 is 0. The van der Waals surface area contributed by atoms with Gasteiger partial charge in [-0.2, -0.15) is 18.3 Å². The summed E-state index contributed by atoms with van der Waals surface area (Å²) in [5.41, 5.74) is 0.874. The minimum Gasteiger partial charge on any atom is -0.360 e. The Bertz CT molecular complexity index is 1320. The van der Waals surface area contributed by atoms with Crippen LogP contribution in [0.3, 0.4) is 0 Å². The first-order chi connectivity index (χ1) is 15.2. The number of nitrogens with zero attached hydrogens (tertiary/aromatic N) is 6. The molecule has 4 heterocycles. The lowest BCUT2D eigenvalue weighted by molar-refractivity contribution is -0.141. The smallest absolute Gasteiger partial charge is 0.360 e. The SMILES string of the molecule is [C-]#[N+]c1ncccc1-c1cccc(C(C)(C)c2cccc(-n3ccc(C(F)(F)F)n3)n2)n1. The van der Waals surface area contributed by atoms with E-state index in [9.17, 15) is 13.2 Å². The third-order valence-electron chi connectivity index (χ3n) is 5.05.